The minimum Gasteiger partial charge on any atom is -0.0683 e. The molecule has 0 atom stereocenters. The maximum absolute atomic E-state index is 2.34. The first kappa shape index (κ1) is 9.90. The summed E-state index contributed by atoms with van der Waals surface area (Å²) in [4.78, 5) is 0. The van der Waals surface area contributed by atoms with Gasteiger partial charge in [0.05, 0.1) is 0 Å². The van der Waals surface area contributed by atoms with E-state index in [0.29, 0.717) is 0 Å². The highest BCUT2D eigenvalue weighted by Crippen LogP contribution is 2.34. The lowest BCUT2D eigenvalue weighted by atomic mass is 9.96. The highest BCUT2D eigenvalue weighted by molar-refractivity contribution is 6.10. The Kier molecular flexibility index (Phi) is 1.90. The molecule has 3 aromatic rings. The highest BCUT2D eigenvalue weighted by atomic mass is 14.2. The number of rotatable bonds is 0. The fourth-order valence-electron chi connectivity index (χ4n) is 3.08. The molecule has 0 bridgehead atoms. The molecule has 0 nitrogen and oxygen atoms in total. The van der Waals surface area contributed by atoms with Gasteiger partial charge in [0.2, 0.25) is 0 Å². The molecule has 0 aliphatic heterocycles. The van der Waals surface area contributed by atoms with Crippen LogP contribution in [-0.4, -0.2) is 0 Å². The zero-order chi connectivity index (χ0) is 12.1. The molecule has 0 heteroatoms. The maximum Gasteiger partial charge on any atom is -0.00604 e. The van der Waals surface area contributed by atoms with E-state index in [2.05, 4.69) is 61.5 Å². The summed E-state index contributed by atoms with van der Waals surface area (Å²) in [6.45, 7) is 2.22. The quantitative estimate of drug-likeness (QED) is 0.479. The third-order valence-electron chi connectivity index (χ3n) is 3.92. The minimum absolute atomic E-state index is 1.11. The lowest BCUT2D eigenvalue weighted by Crippen LogP contribution is -1.85. The summed E-state index contributed by atoms with van der Waals surface area (Å²) in [6, 6.07) is 17.7. The lowest BCUT2D eigenvalue weighted by Gasteiger charge is -2.08. The third kappa shape index (κ3) is 1.26. The summed E-state index contributed by atoms with van der Waals surface area (Å²) in [5, 5.41) is 5.44. The Labute approximate surface area is 107 Å². The van der Waals surface area contributed by atoms with E-state index in [-0.39, 0.29) is 0 Å². The van der Waals surface area contributed by atoms with Gasteiger partial charge in [-0.3, -0.25) is 0 Å². The van der Waals surface area contributed by atoms with Crippen LogP contribution in [0.4, 0.5) is 0 Å². The predicted octanol–water partition coefficient (Wildman–Crippen LogP) is 4.95. The molecule has 0 saturated heterocycles. The first-order chi connectivity index (χ1) is 8.83. The molecule has 3 aromatic carbocycles. The van der Waals surface area contributed by atoms with Gasteiger partial charge in [-0.15, -0.1) is 0 Å². The van der Waals surface area contributed by atoms with Crippen LogP contribution in [0, 0.1) is 0 Å². The van der Waals surface area contributed by atoms with Gasteiger partial charge in [-0.25, -0.2) is 0 Å². The first-order valence-corrected chi connectivity index (χ1v) is 6.43. The van der Waals surface area contributed by atoms with Crippen molar-refractivity contribution < 1.29 is 0 Å². The summed E-state index contributed by atoms with van der Waals surface area (Å²) < 4.78 is 0. The molecule has 0 radical (unpaired) electrons. The molecule has 1 aliphatic carbocycles. The second-order valence-electron chi connectivity index (χ2n) is 5.19. The minimum atomic E-state index is 1.11. The second kappa shape index (κ2) is 3.46. The van der Waals surface area contributed by atoms with Crippen LogP contribution in [-0.2, 0) is 6.42 Å². The van der Waals surface area contributed by atoms with Crippen LogP contribution in [0.1, 0.15) is 18.1 Å². The number of fused-ring (bicyclic) bond motifs is 5. The number of hydrogen-bond acceptors (Lipinski definition) is 0. The molecule has 1 aliphatic rings. The van der Waals surface area contributed by atoms with Crippen molar-refractivity contribution in [2.45, 2.75) is 13.3 Å². The van der Waals surface area contributed by atoms with Crippen molar-refractivity contribution in [2.24, 2.45) is 0 Å². The predicted molar refractivity (Wildman–Crippen MR) is 78.8 cm³/mol. The fraction of sp³-hybridized carbons (Fsp3) is 0.111. The van der Waals surface area contributed by atoms with Crippen LogP contribution in [0.25, 0.3) is 27.6 Å². The van der Waals surface area contributed by atoms with Gasteiger partial charge in [-0.2, -0.15) is 0 Å². The van der Waals surface area contributed by atoms with E-state index in [9.17, 15) is 0 Å². The first-order valence-electron chi connectivity index (χ1n) is 6.43. The summed E-state index contributed by atoms with van der Waals surface area (Å²) in [5.41, 5.74) is 4.36. The maximum atomic E-state index is 2.34. The average molecular weight is 230 g/mol. The molecule has 0 N–H and O–H groups in total. The Balaban J connectivity index is 2.20. The van der Waals surface area contributed by atoms with Crippen molar-refractivity contribution in [1.29, 1.82) is 0 Å². The Morgan fingerprint density at radius 3 is 2.56 bits per heavy atom. The molecule has 86 valence electrons. The molecule has 18 heavy (non-hydrogen) atoms. The van der Waals surface area contributed by atoms with Gasteiger partial charge < -0.3 is 0 Å². The molecular weight excluding hydrogens is 216 g/mol. The SMILES string of the molecule is CC1=Cc2c(ccc3c2ccc2ccccc23)C1. The lowest BCUT2D eigenvalue weighted by molar-refractivity contribution is 1.20. The van der Waals surface area contributed by atoms with E-state index in [1.165, 1.54) is 38.2 Å². The summed E-state index contributed by atoms with van der Waals surface area (Å²) >= 11 is 0. The molecular formula is C18H14. The van der Waals surface area contributed by atoms with Crippen LogP contribution in [0.2, 0.25) is 0 Å². The second-order valence-corrected chi connectivity index (χ2v) is 5.19. The van der Waals surface area contributed by atoms with Crippen LogP contribution < -0.4 is 0 Å². The van der Waals surface area contributed by atoms with Crippen LogP contribution >= 0.6 is 0 Å². The van der Waals surface area contributed by atoms with Gasteiger partial charge in [-0.1, -0.05) is 60.2 Å². The van der Waals surface area contributed by atoms with E-state index in [0.717, 1.165) is 6.42 Å². The average Bonchev–Trinajstić information content (AvgIpc) is 2.79. The Hall–Kier alpha value is -2.08. The summed E-state index contributed by atoms with van der Waals surface area (Å²) in [6.07, 6.45) is 3.45. The van der Waals surface area contributed by atoms with Gasteiger partial charge >= 0.3 is 0 Å². The number of allylic oxidation sites excluding steroid dienone is 1. The normalized spacial score (nSPS) is 13.9. The van der Waals surface area contributed by atoms with Crippen molar-refractivity contribution in [2.75, 3.05) is 0 Å². The van der Waals surface area contributed by atoms with Gasteiger partial charge in [0.15, 0.2) is 0 Å². The van der Waals surface area contributed by atoms with E-state index in [1.807, 2.05) is 0 Å². The van der Waals surface area contributed by atoms with Gasteiger partial charge in [0.1, 0.15) is 0 Å². The van der Waals surface area contributed by atoms with E-state index in [4.69, 9.17) is 0 Å². The molecule has 0 amide bonds. The molecule has 0 heterocycles. The van der Waals surface area contributed by atoms with E-state index < -0.39 is 0 Å². The smallest absolute Gasteiger partial charge is 0.00604 e. The topological polar surface area (TPSA) is 0 Å². The summed E-state index contributed by atoms with van der Waals surface area (Å²) in [7, 11) is 0. The molecule has 0 fully saturated rings. The number of hydrogen-bond donors (Lipinski definition) is 0. The zero-order valence-corrected chi connectivity index (χ0v) is 10.4. The molecule has 0 spiro atoms. The van der Waals surface area contributed by atoms with E-state index >= 15 is 0 Å². The van der Waals surface area contributed by atoms with Crippen LogP contribution in [0.3, 0.4) is 0 Å². The van der Waals surface area contributed by atoms with Gasteiger partial charge in [0.25, 0.3) is 0 Å². The molecule has 0 aromatic heterocycles. The number of benzene rings is 3. The third-order valence-corrected chi connectivity index (χ3v) is 3.92. The van der Waals surface area contributed by atoms with Crippen molar-refractivity contribution in [3.63, 3.8) is 0 Å². The standard InChI is InChI=1S/C18H14/c1-12-10-14-7-9-16-15-5-3-2-4-13(15)6-8-17(16)18(14)11-12/h2-9,11H,10H2,1H3. The van der Waals surface area contributed by atoms with Gasteiger partial charge in [0, 0.05) is 0 Å². The Morgan fingerprint density at radius 2 is 1.61 bits per heavy atom. The van der Waals surface area contributed by atoms with Crippen LogP contribution in [0.15, 0.2) is 54.1 Å². The van der Waals surface area contributed by atoms with Crippen molar-refractivity contribution >= 4 is 27.6 Å². The Bertz CT molecular complexity index is 807. The Morgan fingerprint density at radius 1 is 0.778 bits per heavy atom. The monoisotopic (exact) mass is 230 g/mol. The van der Waals surface area contributed by atoms with E-state index in [1.54, 1.807) is 0 Å². The highest BCUT2D eigenvalue weighted by Gasteiger charge is 2.13. The molecule has 4 rings (SSSR count). The largest absolute Gasteiger partial charge is 0.0683 e. The summed E-state index contributed by atoms with van der Waals surface area (Å²) in [5.74, 6) is 0. The van der Waals surface area contributed by atoms with Crippen molar-refractivity contribution in [1.82, 2.24) is 0 Å². The van der Waals surface area contributed by atoms with Crippen molar-refractivity contribution in [3.8, 4) is 0 Å². The van der Waals surface area contributed by atoms with Crippen LogP contribution in [0.5, 0.6) is 0 Å². The molecule has 0 unspecified atom stereocenters. The van der Waals surface area contributed by atoms with Gasteiger partial charge in [-0.05, 0) is 46.0 Å². The zero-order valence-electron chi connectivity index (χ0n) is 10.4. The fourth-order valence-corrected chi connectivity index (χ4v) is 3.08. The molecule has 0 saturated carbocycles. The van der Waals surface area contributed by atoms with Crippen molar-refractivity contribution in [3.05, 3.63) is 65.2 Å².